The zero-order chi connectivity index (χ0) is 14.7. The summed E-state index contributed by atoms with van der Waals surface area (Å²) in [6.45, 7) is 2.68. The van der Waals surface area contributed by atoms with Crippen molar-refractivity contribution in [2.45, 2.75) is 50.9 Å². The fourth-order valence-electron chi connectivity index (χ4n) is 3.09. The van der Waals surface area contributed by atoms with Gasteiger partial charge in [-0.2, -0.15) is 4.98 Å². The van der Waals surface area contributed by atoms with E-state index in [4.69, 9.17) is 13.8 Å². The third kappa shape index (κ3) is 2.85. The number of methoxy groups -OCH3 is 1. The highest BCUT2D eigenvalue weighted by molar-refractivity contribution is 5.17. The van der Waals surface area contributed by atoms with Crippen molar-refractivity contribution in [3.8, 4) is 0 Å². The molecule has 2 heterocycles. The summed E-state index contributed by atoms with van der Waals surface area (Å²) in [5, 5.41) is 8.09. The molecule has 114 valence electrons. The van der Waals surface area contributed by atoms with E-state index in [1.807, 2.05) is 6.92 Å². The van der Waals surface area contributed by atoms with Crippen molar-refractivity contribution in [2.24, 2.45) is 0 Å². The molecule has 0 atom stereocenters. The first-order valence-corrected chi connectivity index (χ1v) is 7.45. The van der Waals surface area contributed by atoms with Gasteiger partial charge in [-0.15, -0.1) is 0 Å². The minimum atomic E-state index is 0.000128. The van der Waals surface area contributed by atoms with Crippen LogP contribution in [0.3, 0.4) is 0 Å². The molecule has 2 aromatic rings. The molecule has 6 heteroatoms. The predicted molar refractivity (Wildman–Crippen MR) is 75.0 cm³/mol. The molecule has 1 aliphatic carbocycles. The van der Waals surface area contributed by atoms with Crippen molar-refractivity contribution in [3.05, 3.63) is 29.2 Å². The smallest absolute Gasteiger partial charge is 0.232 e. The Morgan fingerprint density at radius 1 is 1.29 bits per heavy atom. The van der Waals surface area contributed by atoms with Crippen LogP contribution in [0.15, 0.2) is 15.3 Å². The third-order valence-electron chi connectivity index (χ3n) is 4.44. The first-order chi connectivity index (χ1) is 10.2. The summed E-state index contributed by atoms with van der Waals surface area (Å²) in [6, 6.07) is 0. The highest BCUT2D eigenvalue weighted by Gasteiger charge is 2.40. The van der Waals surface area contributed by atoms with Crippen LogP contribution in [0.25, 0.3) is 0 Å². The highest BCUT2D eigenvalue weighted by atomic mass is 16.5. The van der Waals surface area contributed by atoms with Gasteiger partial charge >= 0.3 is 0 Å². The maximum Gasteiger partial charge on any atom is 0.232 e. The van der Waals surface area contributed by atoms with E-state index in [1.54, 1.807) is 13.4 Å². The maximum atomic E-state index is 5.56. The van der Waals surface area contributed by atoms with Crippen LogP contribution in [0.2, 0.25) is 0 Å². The molecule has 1 fully saturated rings. The molecule has 0 unspecified atom stereocenters. The highest BCUT2D eigenvalue weighted by Crippen LogP contribution is 2.43. The minimum Gasteiger partial charge on any atom is -0.385 e. The maximum absolute atomic E-state index is 5.56. The van der Waals surface area contributed by atoms with Gasteiger partial charge in [-0.05, 0) is 26.2 Å². The number of hydrogen-bond acceptors (Lipinski definition) is 6. The van der Waals surface area contributed by atoms with Gasteiger partial charge in [0.2, 0.25) is 5.89 Å². The molecular formula is C15H21N3O3. The molecule has 0 spiro atoms. The zero-order valence-corrected chi connectivity index (χ0v) is 12.6. The Morgan fingerprint density at radius 3 is 2.76 bits per heavy atom. The lowest BCUT2D eigenvalue weighted by molar-refractivity contribution is 0.152. The predicted octanol–water partition coefficient (Wildman–Crippen LogP) is 2.81. The molecule has 1 saturated carbocycles. The number of aromatic nitrogens is 3. The molecule has 21 heavy (non-hydrogen) atoms. The minimum absolute atomic E-state index is 0.000128. The summed E-state index contributed by atoms with van der Waals surface area (Å²) in [5.74, 6) is 1.43. The van der Waals surface area contributed by atoms with Gasteiger partial charge in [-0.3, -0.25) is 0 Å². The summed E-state index contributed by atoms with van der Waals surface area (Å²) in [6.07, 6.45) is 7.74. The van der Waals surface area contributed by atoms with Crippen LogP contribution in [-0.2, 0) is 16.6 Å². The topological polar surface area (TPSA) is 74.2 Å². The van der Waals surface area contributed by atoms with E-state index in [9.17, 15) is 0 Å². The van der Waals surface area contributed by atoms with E-state index in [1.165, 1.54) is 12.8 Å². The van der Waals surface area contributed by atoms with Gasteiger partial charge in [-0.1, -0.05) is 23.2 Å². The third-order valence-corrected chi connectivity index (χ3v) is 4.44. The molecule has 0 aromatic carbocycles. The van der Waals surface area contributed by atoms with Crippen LogP contribution in [0, 0.1) is 6.92 Å². The second-order valence-corrected chi connectivity index (χ2v) is 5.87. The summed E-state index contributed by atoms with van der Waals surface area (Å²) in [4.78, 5) is 4.62. The summed E-state index contributed by atoms with van der Waals surface area (Å²) in [5.41, 5.74) is 1.87. The summed E-state index contributed by atoms with van der Waals surface area (Å²) >= 11 is 0. The van der Waals surface area contributed by atoms with Gasteiger partial charge in [0.1, 0.15) is 6.26 Å². The molecule has 0 bridgehead atoms. The van der Waals surface area contributed by atoms with E-state index in [0.29, 0.717) is 12.2 Å². The average Bonchev–Trinajstić information content (AvgIpc) is 3.20. The normalized spacial score (nSPS) is 17.4. The lowest BCUT2D eigenvalue weighted by Crippen LogP contribution is -2.24. The Labute approximate surface area is 123 Å². The van der Waals surface area contributed by atoms with E-state index in [0.717, 1.165) is 43.0 Å². The Balaban J connectivity index is 1.78. The molecule has 0 N–H and O–H groups in total. The Bertz CT molecular complexity index is 585. The second-order valence-electron chi connectivity index (χ2n) is 5.87. The van der Waals surface area contributed by atoms with E-state index >= 15 is 0 Å². The van der Waals surface area contributed by atoms with E-state index in [2.05, 4.69) is 15.3 Å². The van der Waals surface area contributed by atoms with Crippen LogP contribution in [0.1, 0.15) is 55.1 Å². The van der Waals surface area contributed by atoms with Crippen LogP contribution in [0.5, 0.6) is 0 Å². The Kier molecular flexibility index (Phi) is 4.05. The molecule has 6 nitrogen and oxygen atoms in total. The Hall–Kier alpha value is -1.69. The molecular weight excluding hydrogens is 270 g/mol. The van der Waals surface area contributed by atoms with Gasteiger partial charge in [-0.25, -0.2) is 0 Å². The number of hydrogen-bond donors (Lipinski definition) is 0. The van der Waals surface area contributed by atoms with Gasteiger partial charge < -0.3 is 13.8 Å². The van der Waals surface area contributed by atoms with Crippen molar-refractivity contribution in [2.75, 3.05) is 13.7 Å². The number of rotatable bonds is 6. The molecule has 3 rings (SSSR count). The van der Waals surface area contributed by atoms with E-state index < -0.39 is 0 Å². The van der Waals surface area contributed by atoms with Crippen LogP contribution >= 0.6 is 0 Å². The van der Waals surface area contributed by atoms with Gasteiger partial charge in [0.05, 0.1) is 17.5 Å². The van der Waals surface area contributed by atoms with Gasteiger partial charge in [0.25, 0.3) is 0 Å². The van der Waals surface area contributed by atoms with Gasteiger partial charge in [0.15, 0.2) is 5.82 Å². The molecule has 0 saturated heterocycles. The van der Waals surface area contributed by atoms with E-state index in [-0.39, 0.29) is 5.41 Å². The molecule has 0 radical (unpaired) electrons. The monoisotopic (exact) mass is 291 g/mol. The standard InChI is InChI=1S/C15H21N3O3/c1-11-10-20-17-12(11)9-13-16-14(21-18-13)15(7-8-19-2)5-3-4-6-15/h10H,3-9H2,1-2H3. The second kappa shape index (κ2) is 5.97. The quantitative estimate of drug-likeness (QED) is 0.814. The lowest BCUT2D eigenvalue weighted by atomic mass is 9.83. The van der Waals surface area contributed by atoms with Crippen molar-refractivity contribution in [1.29, 1.82) is 0 Å². The molecule has 0 aliphatic heterocycles. The van der Waals surface area contributed by atoms with Crippen molar-refractivity contribution < 1.29 is 13.8 Å². The zero-order valence-electron chi connectivity index (χ0n) is 12.6. The van der Waals surface area contributed by atoms with Crippen LogP contribution in [-0.4, -0.2) is 29.0 Å². The van der Waals surface area contributed by atoms with Crippen LogP contribution in [0.4, 0.5) is 0 Å². The largest absolute Gasteiger partial charge is 0.385 e. The first kappa shape index (κ1) is 14.3. The molecule has 2 aromatic heterocycles. The fourth-order valence-corrected chi connectivity index (χ4v) is 3.09. The average molecular weight is 291 g/mol. The van der Waals surface area contributed by atoms with Crippen LogP contribution < -0.4 is 0 Å². The van der Waals surface area contributed by atoms with Crippen molar-refractivity contribution >= 4 is 0 Å². The number of ether oxygens (including phenoxy) is 1. The van der Waals surface area contributed by atoms with Gasteiger partial charge in [0, 0.05) is 19.3 Å². The summed E-state index contributed by atoms with van der Waals surface area (Å²) in [7, 11) is 1.73. The first-order valence-electron chi connectivity index (χ1n) is 7.45. The van der Waals surface area contributed by atoms with Crippen molar-refractivity contribution in [3.63, 3.8) is 0 Å². The SMILES string of the molecule is COCCC1(c2nc(Cc3nocc3C)no2)CCCC1. The lowest BCUT2D eigenvalue weighted by Gasteiger charge is -2.23. The molecule has 1 aliphatic rings. The number of nitrogens with zero attached hydrogens (tertiary/aromatic N) is 3. The number of aryl methyl sites for hydroxylation is 1. The van der Waals surface area contributed by atoms with Crippen molar-refractivity contribution in [1.82, 2.24) is 15.3 Å². The fraction of sp³-hybridized carbons (Fsp3) is 0.667. The summed E-state index contributed by atoms with van der Waals surface area (Å²) < 4.78 is 15.8. The Morgan fingerprint density at radius 2 is 2.10 bits per heavy atom. The molecule has 0 amide bonds.